The van der Waals surface area contributed by atoms with Gasteiger partial charge in [-0.3, -0.25) is 4.79 Å². The Bertz CT molecular complexity index is 281. The molecule has 0 unspecified atom stereocenters. The van der Waals surface area contributed by atoms with Crippen LogP contribution in [0.5, 0.6) is 5.75 Å². The van der Waals surface area contributed by atoms with Crippen LogP contribution in [0.15, 0.2) is 18.2 Å². The van der Waals surface area contributed by atoms with Crippen molar-refractivity contribution >= 4 is 6.29 Å². The first kappa shape index (κ1) is 8.74. The Labute approximate surface area is 70.3 Å². The number of carbonyl (C=O) groups excluding carboxylic acids is 1. The van der Waals surface area contributed by atoms with Crippen molar-refractivity contribution in [2.75, 3.05) is 6.61 Å². The number of aliphatic hydroxyl groups excluding tert-OH is 1. The number of hydrogen-bond acceptors (Lipinski definition) is 3. The topological polar surface area (TPSA) is 57.5 Å². The van der Waals surface area contributed by atoms with Gasteiger partial charge in [0.2, 0.25) is 0 Å². The summed E-state index contributed by atoms with van der Waals surface area (Å²) in [5.74, 6) is 0.0683. The molecule has 0 aliphatic heterocycles. The Hall–Kier alpha value is -1.35. The van der Waals surface area contributed by atoms with Crippen molar-refractivity contribution < 1.29 is 15.0 Å². The number of phenolic OH excluding ortho intramolecular Hbond substituents is 1. The van der Waals surface area contributed by atoms with Crippen molar-refractivity contribution in [3.63, 3.8) is 0 Å². The van der Waals surface area contributed by atoms with Gasteiger partial charge in [-0.15, -0.1) is 0 Å². The number of carbonyl (C=O) groups is 1. The van der Waals surface area contributed by atoms with Gasteiger partial charge in [-0.1, -0.05) is 6.07 Å². The van der Waals surface area contributed by atoms with Gasteiger partial charge >= 0.3 is 0 Å². The summed E-state index contributed by atoms with van der Waals surface area (Å²) in [5, 5.41) is 17.6. The van der Waals surface area contributed by atoms with Crippen LogP contribution in [0.4, 0.5) is 0 Å². The van der Waals surface area contributed by atoms with Gasteiger partial charge in [-0.25, -0.2) is 0 Å². The second-order valence-corrected chi connectivity index (χ2v) is 2.47. The van der Waals surface area contributed by atoms with E-state index >= 15 is 0 Å². The summed E-state index contributed by atoms with van der Waals surface area (Å²) < 4.78 is 0. The summed E-state index contributed by atoms with van der Waals surface area (Å²) in [5.41, 5.74) is 1.19. The number of aliphatic hydroxyl groups is 1. The average molecular weight is 166 g/mol. The molecule has 0 saturated carbocycles. The van der Waals surface area contributed by atoms with Crippen LogP contribution < -0.4 is 0 Å². The number of rotatable bonds is 3. The predicted molar refractivity (Wildman–Crippen MR) is 44.3 cm³/mol. The van der Waals surface area contributed by atoms with Crippen molar-refractivity contribution in [2.45, 2.75) is 6.42 Å². The van der Waals surface area contributed by atoms with Gasteiger partial charge in [0.25, 0.3) is 0 Å². The molecule has 3 heteroatoms. The highest BCUT2D eigenvalue weighted by Crippen LogP contribution is 2.15. The number of hydrogen-bond donors (Lipinski definition) is 2. The second kappa shape index (κ2) is 3.88. The van der Waals surface area contributed by atoms with E-state index in [1.165, 1.54) is 12.1 Å². The van der Waals surface area contributed by atoms with E-state index in [0.29, 0.717) is 18.3 Å². The lowest BCUT2D eigenvalue weighted by molar-refractivity contribution is 0.112. The van der Waals surface area contributed by atoms with Crippen molar-refractivity contribution in [2.24, 2.45) is 0 Å². The van der Waals surface area contributed by atoms with Crippen molar-refractivity contribution in [3.05, 3.63) is 29.3 Å². The smallest absolute Gasteiger partial charge is 0.150 e. The van der Waals surface area contributed by atoms with Crippen LogP contribution >= 0.6 is 0 Å². The first-order valence-electron chi connectivity index (χ1n) is 3.66. The van der Waals surface area contributed by atoms with Crippen molar-refractivity contribution in [3.8, 4) is 5.75 Å². The highest BCUT2D eigenvalue weighted by Gasteiger charge is 2.01. The summed E-state index contributed by atoms with van der Waals surface area (Å²) >= 11 is 0. The molecule has 0 atom stereocenters. The van der Waals surface area contributed by atoms with Crippen LogP contribution in [0.2, 0.25) is 0 Å². The van der Waals surface area contributed by atoms with Crippen LogP contribution in [-0.4, -0.2) is 23.1 Å². The van der Waals surface area contributed by atoms with Crippen LogP contribution in [0.1, 0.15) is 15.9 Å². The molecular weight excluding hydrogens is 156 g/mol. The van der Waals surface area contributed by atoms with E-state index in [1.54, 1.807) is 6.07 Å². The zero-order valence-electron chi connectivity index (χ0n) is 6.53. The summed E-state index contributed by atoms with van der Waals surface area (Å²) in [6.07, 6.45) is 1.11. The van der Waals surface area contributed by atoms with Gasteiger partial charge in [0.05, 0.1) is 0 Å². The minimum absolute atomic E-state index is 0.00557. The van der Waals surface area contributed by atoms with Crippen LogP contribution in [0, 0.1) is 0 Å². The lowest BCUT2D eigenvalue weighted by Gasteiger charge is -2.02. The molecule has 0 saturated heterocycles. The van der Waals surface area contributed by atoms with E-state index in [9.17, 15) is 4.79 Å². The molecule has 0 aromatic heterocycles. The predicted octanol–water partition coefficient (Wildman–Crippen LogP) is 0.740. The average Bonchev–Trinajstić information content (AvgIpc) is 2.08. The summed E-state index contributed by atoms with van der Waals surface area (Å²) in [7, 11) is 0. The molecule has 64 valence electrons. The molecule has 3 nitrogen and oxygen atoms in total. The van der Waals surface area contributed by atoms with Gasteiger partial charge in [0, 0.05) is 12.2 Å². The monoisotopic (exact) mass is 166 g/mol. The molecule has 1 rings (SSSR count). The Morgan fingerprint density at radius 3 is 2.75 bits per heavy atom. The largest absolute Gasteiger partial charge is 0.508 e. The van der Waals surface area contributed by atoms with E-state index in [1.807, 2.05) is 0 Å². The molecule has 0 aliphatic carbocycles. The van der Waals surface area contributed by atoms with Crippen LogP contribution in [-0.2, 0) is 6.42 Å². The van der Waals surface area contributed by atoms with E-state index in [-0.39, 0.29) is 12.4 Å². The number of aromatic hydroxyl groups is 1. The van der Waals surface area contributed by atoms with E-state index in [4.69, 9.17) is 10.2 Å². The fourth-order valence-electron chi connectivity index (χ4n) is 1.04. The molecular formula is C9H10O3. The molecule has 0 amide bonds. The Balaban J connectivity index is 3.02. The molecule has 2 N–H and O–H groups in total. The molecule has 0 heterocycles. The maximum absolute atomic E-state index is 10.5. The number of phenols is 1. The molecule has 0 spiro atoms. The van der Waals surface area contributed by atoms with Gasteiger partial charge in [-0.05, 0) is 24.1 Å². The minimum atomic E-state index is 0.00557. The molecule has 1 aromatic rings. The normalized spacial score (nSPS) is 9.75. The van der Waals surface area contributed by atoms with Crippen molar-refractivity contribution in [1.29, 1.82) is 0 Å². The van der Waals surface area contributed by atoms with Crippen molar-refractivity contribution in [1.82, 2.24) is 0 Å². The van der Waals surface area contributed by atoms with E-state index in [2.05, 4.69) is 0 Å². The highest BCUT2D eigenvalue weighted by molar-refractivity contribution is 5.78. The van der Waals surface area contributed by atoms with Crippen LogP contribution in [0.25, 0.3) is 0 Å². The molecule has 0 aliphatic rings. The zero-order chi connectivity index (χ0) is 8.97. The quantitative estimate of drug-likeness (QED) is 0.651. The second-order valence-electron chi connectivity index (χ2n) is 2.47. The van der Waals surface area contributed by atoms with E-state index < -0.39 is 0 Å². The zero-order valence-corrected chi connectivity index (χ0v) is 6.53. The maximum atomic E-state index is 10.5. The van der Waals surface area contributed by atoms with Gasteiger partial charge in [-0.2, -0.15) is 0 Å². The summed E-state index contributed by atoms with van der Waals surface area (Å²) in [6, 6.07) is 4.52. The molecule has 0 bridgehead atoms. The number of aldehydes is 1. The maximum Gasteiger partial charge on any atom is 0.150 e. The SMILES string of the molecule is O=Cc1cc(O)ccc1CCO. The Morgan fingerprint density at radius 1 is 1.42 bits per heavy atom. The van der Waals surface area contributed by atoms with Gasteiger partial charge < -0.3 is 10.2 Å². The van der Waals surface area contributed by atoms with E-state index in [0.717, 1.165) is 5.56 Å². The Kier molecular flexibility index (Phi) is 2.82. The number of benzene rings is 1. The summed E-state index contributed by atoms with van der Waals surface area (Å²) in [6.45, 7) is 0.00557. The van der Waals surface area contributed by atoms with Gasteiger partial charge in [0.15, 0.2) is 0 Å². The lowest BCUT2D eigenvalue weighted by Crippen LogP contribution is -1.95. The summed E-state index contributed by atoms with van der Waals surface area (Å²) in [4.78, 5) is 10.5. The first-order chi connectivity index (χ1) is 5.77. The first-order valence-corrected chi connectivity index (χ1v) is 3.66. The third-order valence-corrected chi connectivity index (χ3v) is 1.64. The lowest BCUT2D eigenvalue weighted by atomic mass is 10.1. The fraction of sp³-hybridized carbons (Fsp3) is 0.222. The molecule has 12 heavy (non-hydrogen) atoms. The van der Waals surface area contributed by atoms with Crippen LogP contribution in [0.3, 0.4) is 0 Å². The van der Waals surface area contributed by atoms with Gasteiger partial charge in [0.1, 0.15) is 12.0 Å². The molecule has 0 fully saturated rings. The molecule has 0 radical (unpaired) electrons. The highest BCUT2D eigenvalue weighted by atomic mass is 16.3. The fourth-order valence-corrected chi connectivity index (χ4v) is 1.04. The third-order valence-electron chi connectivity index (χ3n) is 1.64. The molecule has 1 aromatic carbocycles. The Morgan fingerprint density at radius 2 is 2.17 bits per heavy atom. The standard InChI is InChI=1S/C9H10O3/c10-4-3-7-1-2-9(12)5-8(7)6-11/h1-2,5-6,10,12H,3-4H2. The third kappa shape index (κ3) is 1.83. The minimum Gasteiger partial charge on any atom is -0.508 e.